The molecule has 1 fully saturated rings. The van der Waals surface area contributed by atoms with Gasteiger partial charge in [0, 0.05) is 29.6 Å². The molecule has 2 N–H and O–H groups in total. The summed E-state index contributed by atoms with van der Waals surface area (Å²) in [6.45, 7) is 2.33. The van der Waals surface area contributed by atoms with Gasteiger partial charge in [-0.2, -0.15) is 0 Å². The number of thiazole rings is 1. The number of carbonyl (C=O) groups excluding carboxylic acids is 1. The number of benzene rings is 1. The average molecular weight is 431 g/mol. The number of amides is 1. The van der Waals surface area contributed by atoms with Crippen molar-refractivity contribution in [2.45, 2.75) is 19.4 Å². The molecule has 0 aliphatic carbocycles. The van der Waals surface area contributed by atoms with Crippen molar-refractivity contribution in [1.29, 1.82) is 5.41 Å². The van der Waals surface area contributed by atoms with E-state index in [1.54, 1.807) is 12.1 Å². The van der Waals surface area contributed by atoms with Crippen LogP contribution in [0, 0.1) is 5.41 Å². The Bertz CT molecular complexity index is 990. The Morgan fingerprint density at radius 1 is 1.18 bits per heavy atom. The van der Waals surface area contributed by atoms with Crippen LogP contribution in [0.15, 0.2) is 41.8 Å². The van der Waals surface area contributed by atoms with E-state index in [-0.39, 0.29) is 5.91 Å². The molecule has 0 atom stereocenters. The summed E-state index contributed by atoms with van der Waals surface area (Å²) in [6.07, 6.45) is 2.33. The molecule has 8 heteroatoms. The number of nitrogens with one attached hydrogen (secondary N) is 2. The summed E-state index contributed by atoms with van der Waals surface area (Å²) >= 11 is 8.65. The minimum Gasteiger partial charge on any atom is -0.357 e. The van der Waals surface area contributed by atoms with E-state index in [9.17, 15) is 4.79 Å². The maximum absolute atomic E-state index is 12.1. The molecule has 144 valence electrons. The Labute approximate surface area is 176 Å². The number of thiophene rings is 1. The van der Waals surface area contributed by atoms with Crippen molar-refractivity contribution in [1.82, 2.24) is 15.2 Å². The third-order valence-electron chi connectivity index (χ3n) is 4.63. The van der Waals surface area contributed by atoms with Gasteiger partial charge in [-0.25, -0.2) is 4.98 Å². The van der Waals surface area contributed by atoms with E-state index in [1.807, 2.05) is 29.6 Å². The van der Waals surface area contributed by atoms with Crippen LogP contribution in [0.5, 0.6) is 0 Å². The zero-order chi connectivity index (χ0) is 19.5. The normalized spacial score (nSPS) is 13.7. The first kappa shape index (κ1) is 19.1. The number of hydrogen-bond acceptors (Lipinski definition) is 5. The number of halogens is 1. The highest BCUT2D eigenvalue weighted by atomic mass is 35.5. The number of likely N-dealkylation sites (tertiary alicyclic amines) is 1. The summed E-state index contributed by atoms with van der Waals surface area (Å²) in [5.41, 5.74) is 2.83. The van der Waals surface area contributed by atoms with E-state index in [0.29, 0.717) is 21.6 Å². The Morgan fingerprint density at radius 3 is 2.61 bits per heavy atom. The van der Waals surface area contributed by atoms with Gasteiger partial charge in [0.25, 0.3) is 5.91 Å². The van der Waals surface area contributed by atoms with Gasteiger partial charge in [-0.15, -0.1) is 22.7 Å². The number of hydrogen-bond donors (Lipinski definition) is 2. The molecule has 1 saturated heterocycles. The molecule has 5 nitrogen and oxygen atoms in total. The van der Waals surface area contributed by atoms with Crippen LogP contribution in [-0.2, 0) is 6.54 Å². The molecule has 4 rings (SSSR count). The number of rotatable bonds is 5. The lowest BCUT2D eigenvalue weighted by Crippen LogP contribution is -2.27. The Hall–Kier alpha value is -2.22. The van der Waals surface area contributed by atoms with Crippen LogP contribution < -0.4 is 5.32 Å². The van der Waals surface area contributed by atoms with Crippen molar-refractivity contribution in [3.8, 4) is 11.3 Å². The summed E-state index contributed by atoms with van der Waals surface area (Å²) < 4.78 is 0.600. The fraction of sp³-hybridized carbons (Fsp3) is 0.250. The summed E-state index contributed by atoms with van der Waals surface area (Å²) in [5, 5.41) is 14.1. The fourth-order valence-electron chi connectivity index (χ4n) is 3.13. The standard InChI is InChI=1S/C20H19ClN4OS2/c21-17-8-7-16(28-17)20(26)23-11-18-24-15(12-27-18)13-3-5-14(6-4-13)19(22)25-9-1-2-10-25/h3-8,12,22H,1-2,9-11H2,(H,23,26). The molecule has 2 aromatic heterocycles. The van der Waals surface area contributed by atoms with Gasteiger partial charge >= 0.3 is 0 Å². The minimum absolute atomic E-state index is 0.140. The second kappa shape index (κ2) is 8.43. The van der Waals surface area contributed by atoms with Gasteiger partial charge in [-0.3, -0.25) is 10.2 Å². The average Bonchev–Trinajstić information content (AvgIpc) is 3.47. The first-order valence-corrected chi connectivity index (χ1v) is 11.1. The SMILES string of the molecule is N=C(c1ccc(-c2csc(CNC(=O)c3ccc(Cl)s3)n2)cc1)N1CCCC1. The molecular weight excluding hydrogens is 412 g/mol. The van der Waals surface area contributed by atoms with E-state index in [0.717, 1.165) is 47.8 Å². The lowest BCUT2D eigenvalue weighted by Gasteiger charge is -2.18. The largest absolute Gasteiger partial charge is 0.357 e. The first-order valence-electron chi connectivity index (χ1n) is 9.02. The predicted molar refractivity (Wildman–Crippen MR) is 116 cm³/mol. The van der Waals surface area contributed by atoms with Crippen LogP contribution in [0.4, 0.5) is 0 Å². The summed E-state index contributed by atoms with van der Waals surface area (Å²) in [6, 6.07) is 11.4. The highest BCUT2D eigenvalue weighted by Crippen LogP contribution is 2.24. The van der Waals surface area contributed by atoms with Gasteiger partial charge in [0.05, 0.1) is 21.5 Å². The quantitative estimate of drug-likeness (QED) is 0.448. The van der Waals surface area contributed by atoms with Gasteiger partial charge in [0.15, 0.2) is 0 Å². The van der Waals surface area contributed by atoms with E-state index < -0.39 is 0 Å². The molecule has 1 aliphatic heterocycles. The van der Waals surface area contributed by atoms with Crippen molar-refractivity contribution in [2.24, 2.45) is 0 Å². The molecule has 3 heterocycles. The first-order chi connectivity index (χ1) is 13.6. The smallest absolute Gasteiger partial charge is 0.261 e. The van der Waals surface area contributed by atoms with Crippen LogP contribution in [-0.4, -0.2) is 34.7 Å². The Balaban J connectivity index is 1.38. The third-order valence-corrected chi connectivity index (χ3v) is 6.70. The van der Waals surface area contributed by atoms with Gasteiger partial charge in [-0.1, -0.05) is 35.9 Å². The Morgan fingerprint density at radius 2 is 1.93 bits per heavy atom. The van der Waals surface area contributed by atoms with Crippen molar-refractivity contribution in [3.63, 3.8) is 0 Å². The number of amidine groups is 1. The zero-order valence-corrected chi connectivity index (χ0v) is 17.5. The zero-order valence-electron chi connectivity index (χ0n) is 15.1. The van der Waals surface area contributed by atoms with Crippen molar-refractivity contribution in [3.05, 3.63) is 61.6 Å². The summed E-state index contributed by atoms with van der Waals surface area (Å²) in [5.74, 6) is 0.456. The summed E-state index contributed by atoms with van der Waals surface area (Å²) in [7, 11) is 0. The van der Waals surface area contributed by atoms with Crippen LogP contribution in [0.3, 0.4) is 0 Å². The van der Waals surface area contributed by atoms with Crippen LogP contribution >= 0.6 is 34.3 Å². The maximum Gasteiger partial charge on any atom is 0.261 e. The summed E-state index contributed by atoms with van der Waals surface area (Å²) in [4.78, 5) is 19.5. The molecule has 28 heavy (non-hydrogen) atoms. The molecule has 1 amide bonds. The van der Waals surface area contributed by atoms with Crippen LogP contribution in [0.2, 0.25) is 4.34 Å². The number of carbonyl (C=O) groups is 1. The highest BCUT2D eigenvalue weighted by molar-refractivity contribution is 7.18. The molecule has 0 unspecified atom stereocenters. The molecule has 0 spiro atoms. The lowest BCUT2D eigenvalue weighted by molar-refractivity contribution is 0.0955. The van der Waals surface area contributed by atoms with Crippen molar-refractivity contribution < 1.29 is 4.79 Å². The second-order valence-corrected chi connectivity index (χ2v) is 9.19. The van der Waals surface area contributed by atoms with E-state index >= 15 is 0 Å². The fourth-order valence-corrected chi connectivity index (χ4v) is 4.83. The molecule has 0 bridgehead atoms. The lowest BCUT2D eigenvalue weighted by atomic mass is 10.1. The molecule has 0 saturated carbocycles. The van der Waals surface area contributed by atoms with Gasteiger partial charge < -0.3 is 10.2 Å². The van der Waals surface area contributed by atoms with Gasteiger partial charge in [0.1, 0.15) is 10.8 Å². The molecular formula is C20H19ClN4OS2. The number of aromatic nitrogens is 1. The Kier molecular flexibility index (Phi) is 5.75. The molecule has 0 radical (unpaired) electrons. The van der Waals surface area contributed by atoms with Gasteiger partial charge in [0.2, 0.25) is 0 Å². The minimum atomic E-state index is -0.140. The van der Waals surface area contributed by atoms with E-state index in [1.165, 1.54) is 22.7 Å². The number of nitrogens with zero attached hydrogens (tertiary/aromatic N) is 2. The van der Waals surface area contributed by atoms with Crippen LogP contribution in [0.25, 0.3) is 11.3 Å². The molecule has 3 aromatic rings. The van der Waals surface area contributed by atoms with Gasteiger partial charge in [-0.05, 0) is 25.0 Å². The second-order valence-electron chi connectivity index (χ2n) is 6.53. The van der Waals surface area contributed by atoms with Crippen LogP contribution in [0.1, 0.15) is 33.1 Å². The van der Waals surface area contributed by atoms with E-state index in [2.05, 4.69) is 15.2 Å². The maximum atomic E-state index is 12.1. The molecule has 1 aromatic carbocycles. The third kappa shape index (κ3) is 4.27. The van der Waals surface area contributed by atoms with Crippen molar-refractivity contribution >= 4 is 46.0 Å². The highest BCUT2D eigenvalue weighted by Gasteiger charge is 2.16. The predicted octanol–water partition coefficient (Wildman–Crippen LogP) is 4.88. The molecule has 1 aliphatic rings. The van der Waals surface area contributed by atoms with E-state index in [4.69, 9.17) is 17.0 Å². The topological polar surface area (TPSA) is 69.1 Å². The van der Waals surface area contributed by atoms with Crippen molar-refractivity contribution in [2.75, 3.05) is 13.1 Å². The monoisotopic (exact) mass is 430 g/mol.